The van der Waals surface area contributed by atoms with Crippen LogP contribution in [0.1, 0.15) is 5.56 Å². The van der Waals surface area contributed by atoms with E-state index >= 15 is 0 Å². The number of amides is 3. The summed E-state index contributed by atoms with van der Waals surface area (Å²) in [5.74, 6) is 1.02. The van der Waals surface area contributed by atoms with Crippen LogP contribution in [-0.4, -0.2) is 29.8 Å². The van der Waals surface area contributed by atoms with E-state index in [4.69, 9.17) is 16.3 Å². The molecule has 4 rings (SSSR count). The molecule has 3 amide bonds. The van der Waals surface area contributed by atoms with Crippen molar-refractivity contribution in [2.45, 2.75) is 0 Å². The van der Waals surface area contributed by atoms with Gasteiger partial charge in [0, 0.05) is 17.8 Å². The maximum atomic E-state index is 12.4. The third-order valence-corrected chi connectivity index (χ3v) is 4.79. The Morgan fingerprint density at radius 3 is 2.50 bits per heavy atom. The summed E-state index contributed by atoms with van der Waals surface area (Å²) in [5.41, 5.74) is 1.60. The molecule has 160 valence electrons. The van der Waals surface area contributed by atoms with Crippen molar-refractivity contribution >= 4 is 41.3 Å². The normalized spacial score (nSPS) is 14.3. The van der Waals surface area contributed by atoms with Gasteiger partial charge in [-0.15, -0.1) is 0 Å². The molecular formula is C24H19ClN4O3. The summed E-state index contributed by atoms with van der Waals surface area (Å²) in [6.45, 7) is 0. The van der Waals surface area contributed by atoms with Gasteiger partial charge in [0.2, 0.25) is 5.96 Å². The highest BCUT2D eigenvalue weighted by Gasteiger charge is 2.27. The largest absolute Gasteiger partial charge is 0.457 e. The lowest BCUT2D eigenvalue weighted by Crippen LogP contribution is -2.41. The summed E-state index contributed by atoms with van der Waals surface area (Å²) in [5, 5.41) is 5.73. The Bertz CT molecular complexity index is 1220. The highest BCUT2D eigenvalue weighted by molar-refractivity contribution is 6.31. The number of nitrogens with one attached hydrogen (secondary N) is 2. The number of halogens is 1. The molecule has 0 aromatic heterocycles. The Morgan fingerprint density at radius 2 is 1.72 bits per heavy atom. The van der Waals surface area contributed by atoms with Crippen molar-refractivity contribution in [3.05, 3.63) is 95.1 Å². The number of para-hydroxylation sites is 1. The smallest absolute Gasteiger partial charge is 0.326 e. The summed E-state index contributed by atoms with van der Waals surface area (Å²) < 4.78 is 5.84. The molecule has 1 aliphatic heterocycles. The Labute approximate surface area is 190 Å². The van der Waals surface area contributed by atoms with E-state index in [0.717, 1.165) is 5.56 Å². The molecule has 0 atom stereocenters. The van der Waals surface area contributed by atoms with Crippen molar-refractivity contribution in [3.8, 4) is 11.5 Å². The topological polar surface area (TPSA) is 83.0 Å². The number of nitrogens with zero attached hydrogens (tertiary/aromatic N) is 2. The van der Waals surface area contributed by atoms with Crippen molar-refractivity contribution in [3.63, 3.8) is 0 Å². The minimum absolute atomic E-state index is 0.123. The van der Waals surface area contributed by atoms with Gasteiger partial charge in [0.25, 0.3) is 5.91 Å². The first-order valence-electron chi connectivity index (χ1n) is 9.73. The SMILES string of the molecule is CN1C(NC(=O)Nc2cccc(Cl)c2)=NC(=O)/C1=C/c1cccc(Oc2ccccc2)c1. The van der Waals surface area contributed by atoms with Crippen LogP contribution in [0.4, 0.5) is 10.5 Å². The molecule has 1 aliphatic rings. The highest BCUT2D eigenvalue weighted by Crippen LogP contribution is 2.24. The Kier molecular flexibility index (Phi) is 6.19. The molecule has 0 aliphatic carbocycles. The van der Waals surface area contributed by atoms with E-state index in [1.165, 1.54) is 4.90 Å². The third kappa shape index (κ3) is 5.14. The number of hydrogen-bond donors (Lipinski definition) is 2. The van der Waals surface area contributed by atoms with Crippen molar-refractivity contribution in [1.29, 1.82) is 0 Å². The number of ether oxygens (including phenoxy) is 1. The van der Waals surface area contributed by atoms with E-state index < -0.39 is 11.9 Å². The molecule has 2 N–H and O–H groups in total. The summed E-state index contributed by atoms with van der Waals surface area (Å²) >= 11 is 5.93. The molecule has 32 heavy (non-hydrogen) atoms. The number of likely N-dealkylation sites (N-methyl/N-ethyl adjacent to an activating group) is 1. The maximum absolute atomic E-state index is 12.4. The Hall–Kier alpha value is -4.10. The maximum Gasteiger partial charge on any atom is 0.326 e. The molecule has 0 fully saturated rings. The number of benzene rings is 3. The van der Waals surface area contributed by atoms with Gasteiger partial charge in [-0.25, -0.2) is 4.79 Å². The average Bonchev–Trinajstić information content (AvgIpc) is 3.02. The lowest BCUT2D eigenvalue weighted by atomic mass is 10.1. The molecule has 3 aromatic rings. The van der Waals surface area contributed by atoms with E-state index in [1.807, 2.05) is 54.6 Å². The predicted molar refractivity (Wildman–Crippen MR) is 125 cm³/mol. The van der Waals surface area contributed by atoms with Crippen LogP contribution in [0.3, 0.4) is 0 Å². The van der Waals surface area contributed by atoms with Crippen LogP contribution in [-0.2, 0) is 4.79 Å². The molecule has 0 saturated heterocycles. The van der Waals surface area contributed by atoms with Crippen LogP contribution in [0.25, 0.3) is 6.08 Å². The summed E-state index contributed by atoms with van der Waals surface area (Å²) in [6, 6.07) is 23.0. The molecule has 3 aromatic carbocycles. The second-order valence-corrected chi connectivity index (χ2v) is 7.34. The minimum atomic E-state index is -0.537. The Morgan fingerprint density at radius 1 is 0.969 bits per heavy atom. The van der Waals surface area contributed by atoms with Crippen LogP contribution >= 0.6 is 11.6 Å². The van der Waals surface area contributed by atoms with Crippen molar-refractivity contribution in [2.24, 2.45) is 4.99 Å². The summed E-state index contributed by atoms with van der Waals surface area (Å²) in [4.78, 5) is 30.2. The number of anilines is 1. The summed E-state index contributed by atoms with van der Waals surface area (Å²) in [6.07, 6.45) is 1.69. The van der Waals surface area contributed by atoms with Crippen LogP contribution in [0, 0.1) is 0 Å². The number of hydrogen-bond acceptors (Lipinski definition) is 4. The predicted octanol–water partition coefficient (Wildman–Crippen LogP) is 5.12. The lowest BCUT2D eigenvalue weighted by Gasteiger charge is -2.16. The monoisotopic (exact) mass is 446 g/mol. The number of carbonyl (C=O) groups is 2. The zero-order valence-corrected chi connectivity index (χ0v) is 17.8. The van der Waals surface area contributed by atoms with Crippen molar-refractivity contribution in [1.82, 2.24) is 10.2 Å². The van der Waals surface area contributed by atoms with Crippen molar-refractivity contribution in [2.75, 3.05) is 12.4 Å². The van der Waals surface area contributed by atoms with E-state index in [2.05, 4.69) is 15.6 Å². The highest BCUT2D eigenvalue weighted by atomic mass is 35.5. The van der Waals surface area contributed by atoms with Crippen LogP contribution in [0.15, 0.2) is 89.6 Å². The fraction of sp³-hybridized carbons (Fsp3) is 0.0417. The van der Waals surface area contributed by atoms with Gasteiger partial charge in [-0.1, -0.05) is 48.0 Å². The average molecular weight is 447 g/mol. The number of rotatable bonds is 4. The quantitative estimate of drug-likeness (QED) is 0.545. The van der Waals surface area contributed by atoms with Gasteiger partial charge in [-0.05, 0) is 54.1 Å². The number of aliphatic imine (C=N–C) groups is 1. The molecular weight excluding hydrogens is 428 g/mol. The molecule has 7 nitrogen and oxygen atoms in total. The van der Waals surface area contributed by atoms with Gasteiger partial charge in [-0.3, -0.25) is 10.1 Å². The van der Waals surface area contributed by atoms with Gasteiger partial charge in [0.05, 0.1) is 0 Å². The van der Waals surface area contributed by atoms with Gasteiger partial charge >= 0.3 is 6.03 Å². The minimum Gasteiger partial charge on any atom is -0.457 e. The van der Waals surface area contributed by atoms with E-state index in [1.54, 1.807) is 37.4 Å². The van der Waals surface area contributed by atoms with Gasteiger partial charge in [0.1, 0.15) is 17.2 Å². The first-order valence-corrected chi connectivity index (χ1v) is 10.1. The number of guanidine groups is 1. The standard InChI is InChI=1S/C24H19ClN4O3/c1-29-21(14-16-7-5-12-20(13-16)32-19-10-3-2-4-11-19)22(30)27-23(29)28-24(31)26-18-9-6-8-17(25)15-18/h2-15H,1H3,(H2,26,27,28,30,31)/b21-14-. The lowest BCUT2D eigenvalue weighted by molar-refractivity contribution is -0.114. The first kappa shape index (κ1) is 21.1. The molecule has 8 heteroatoms. The number of carbonyl (C=O) groups excluding carboxylic acids is 2. The van der Waals surface area contributed by atoms with E-state index in [9.17, 15) is 9.59 Å². The molecule has 0 radical (unpaired) electrons. The molecule has 1 heterocycles. The Balaban J connectivity index is 1.45. The number of urea groups is 1. The van der Waals surface area contributed by atoms with Crippen LogP contribution < -0.4 is 15.4 Å². The molecule has 0 bridgehead atoms. The fourth-order valence-electron chi connectivity index (χ4n) is 3.04. The second kappa shape index (κ2) is 9.36. The van der Waals surface area contributed by atoms with Crippen LogP contribution in [0.2, 0.25) is 5.02 Å². The fourth-order valence-corrected chi connectivity index (χ4v) is 3.23. The molecule has 0 spiro atoms. The van der Waals surface area contributed by atoms with Gasteiger partial charge in [-0.2, -0.15) is 4.99 Å². The van der Waals surface area contributed by atoms with E-state index in [-0.39, 0.29) is 5.96 Å². The third-order valence-electron chi connectivity index (χ3n) is 4.55. The molecule has 0 unspecified atom stereocenters. The summed E-state index contributed by atoms with van der Waals surface area (Å²) in [7, 11) is 1.65. The second-order valence-electron chi connectivity index (χ2n) is 6.91. The zero-order chi connectivity index (χ0) is 22.5. The van der Waals surface area contributed by atoms with Gasteiger partial charge < -0.3 is 15.0 Å². The molecule has 0 saturated carbocycles. The zero-order valence-electron chi connectivity index (χ0n) is 17.1. The van der Waals surface area contributed by atoms with Gasteiger partial charge in [0.15, 0.2) is 0 Å². The first-order chi connectivity index (χ1) is 15.5. The van der Waals surface area contributed by atoms with E-state index in [0.29, 0.717) is 27.9 Å². The van der Waals surface area contributed by atoms with Crippen LogP contribution in [0.5, 0.6) is 11.5 Å². The van der Waals surface area contributed by atoms with Crippen molar-refractivity contribution < 1.29 is 14.3 Å².